The van der Waals surface area contributed by atoms with E-state index < -0.39 is 14.0 Å². The van der Waals surface area contributed by atoms with Gasteiger partial charge in [-0.1, -0.05) is 43.4 Å². The number of nitrogens with two attached hydrogens (primary N) is 1. The van der Waals surface area contributed by atoms with Gasteiger partial charge < -0.3 is 5.73 Å². The zero-order valence-corrected chi connectivity index (χ0v) is 12.6. The van der Waals surface area contributed by atoms with E-state index in [1.54, 1.807) is 0 Å². The monoisotopic (exact) mass is 280 g/mol. The van der Waals surface area contributed by atoms with Gasteiger partial charge in [0, 0.05) is 6.42 Å². The predicted octanol–water partition coefficient (Wildman–Crippen LogP) is 2.44. The molecule has 0 spiro atoms. The summed E-state index contributed by atoms with van der Waals surface area (Å²) < 4.78 is 0. The average Bonchev–Trinajstić information content (AvgIpc) is 2.25. The molecule has 0 saturated heterocycles. The molecule has 0 aliphatic rings. The highest BCUT2D eigenvalue weighted by molar-refractivity contribution is 6.89. The van der Waals surface area contributed by atoms with E-state index in [1.807, 2.05) is 12.1 Å². The Bertz CT molecular complexity index is 515. The number of nitriles is 1. The first-order valence-electron chi connectivity index (χ1n) is 5.77. The molecule has 0 radical (unpaired) electrons. The standard InChI is InChI=1S/C13H17ClN2OSi/c1-18(2,3)10-7-6-9(5-4-8-15)12(14)11(10)13(16)17/h6-7H,4-5H2,1-3H3,(H2,16,17). The van der Waals surface area contributed by atoms with Crippen LogP contribution in [0.15, 0.2) is 12.1 Å². The minimum Gasteiger partial charge on any atom is -0.366 e. The van der Waals surface area contributed by atoms with E-state index in [0.717, 1.165) is 10.8 Å². The van der Waals surface area contributed by atoms with Gasteiger partial charge >= 0.3 is 0 Å². The van der Waals surface area contributed by atoms with E-state index in [-0.39, 0.29) is 0 Å². The Kier molecular flexibility index (Phi) is 4.55. The lowest BCUT2D eigenvalue weighted by Gasteiger charge is -2.21. The summed E-state index contributed by atoms with van der Waals surface area (Å²) in [7, 11) is -1.68. The molecule has 0 heterocycles. The number of hydrogen-bond acceptors (Lipinski definition) is 2. The molecule has 0 aromatic heterocycles. The summed E-state index contributed by atoms with van der Waals surface area (Å²) in [6.45, 7) is 6.42. The van der Waals surface area contributed by atoms with Gasteiger partial charge in [-0.3, -0.25) is 4.79 Å². The summed E-state index contributed by atoms with van der Waals surface area (Å²) in [5, 5.41) is 9.99. The first kappa shape index (κ1) is 14.7. The first-order valence-corrected chi connectivity index (χ1v) is 9.65. The molecule has 0 atom stereocenters. The van der Waals surface area contributed by atoms with Gasteiger partial charge in [-0.25, -0.2) is 0 Å². The maximum atomic E-state index is 11.6. The lowest BCUT2D eigenvalue weighted by atomic mass is 10.1. The average molecular weight is 281 g/mol. The van der Waals surface area contributed by atoms with E-state index in [1.165, 1.54) is 0 Å². The van der Waals surface area contributed by atoms with Gasteiger partial charge in [-0.05, 0) is 17.2 Å². The third kappa shape index (κ3) is 3.12. The zero-order valence-electron chi connectivity index (χ0n) is 10.9. The van der Waals surface area contributed by atoms with E-state index in [9.17, 15) is 4.79 Å². The molecule has 0 fully saturated rings. The Balaban J connectivity index is 3.39. The first-order chi connectivity index (χ1) is 8.29. The van der Waals surface area contributed by atoms with Crippen molar-refractivity contribution in [1.82, 2.24) is 0 Å². The van der Waals surface area contributed by atoms with Crippen LogP contribution in [0, 0.1) is 11.3 Å². The second-order valence-corrected chi connectivity index (χ2v) is 10.7. The number of hydrogen-bond donors (Lipinski definition) is 1. The number of halogens is 1. The van der Waals surface area contributed by atoms with Crippen LogP contribution in [-0.2, 0) is 6.42 Å². The molecule has 1 aromatic rings. The zero-order chi connectivity index (χ0) is 13.9. The van der Waals surface area contributed by atoms with Crippen LogP contribution in [0.5, 0.6) is 0 Å². The topological polar surface area (TPSA) is 66.9 Å². The van der Waals surface area contributed by atoms with E-state index >= 15 is 0 Å². The maximum Gasteiger partial charge on any atom is 0.250 e. The fourth-order valence-corrected chi connectivity index (χ4v) is 3.88. The number of carbonyl (C=O) groups excluding carboxylic acids is 1. The molecule has 0 bridgehead atoms. The van der Waals surface area contributed by atoms with Crippen LogP contribution in [0.1, 0.15) is 22.3 Å². The van der Waals surface area contributed by atoms with Gasteiger partial charge in [0.1, 0.15) is 0 Å². The molecule has 1 rings (SSSR count). The Hall–Kier alpha value is -1.31. The largest absolute Gasteiger partial charge is 0.366 e. The maximum absolute atomic E-state index is 11.6. The van der Waals surface area contributed by atoms with Crippen molar-refractivity contribution in [3.63, 3.8) is 0 Å². The van der Waals surface area contributed by atoms with Crippen molar-refractivity contribution in [3.05, 3.63) is 28.3 Å². The number of amides is 1. The Labute approximate surface area is 114 Å². The summed E-state index contributed by atoms with van der Waals surface area (Å²) in [6.07, 6.45) is 0.922. The third-order valence-corrected chi connectivity index (χ3v) is 5.25. The van der Waals surface area contributed by atoms with Crippen molar-refractivity contribution in [3.8, 4) is 6.07 Å². The van der Waals surface area contributed by atoms with Crippen LogP contribution in [0.3, 0.4) is 0 Å². The third-order valence-electron chi connectivity index (χ3n) is 2.78. The second kappa shape index (κ2) is 5.55. The molecule has 1 aromatic carbocycles. The van der Waals surface area contributed by atoms with Crippen LogP contribution in [0.2, 0.25) is 24.7 Å². The fourth-order valence-electron chi connectivity index (χ4n) is 1.87. The van der Waals surface area contributed by atoms with Crippen LogP contribution >= 0.6 is 11.6 Å². The minimum atomic E-state index is -1.68. The van der Waals surface area contributed by atoms with Gasteiger partial charge in [0.2, 0.25) is 5.91 Å². The van der Waals surface area contributed by atoms with Crippen molar-refractivity contribution >= 4 is 30.8 Å². The number of nitrogens with zero attached hydrogens (tertiary/aromatic N) is 1. The Morgan fingerprint density at radius 2 is 2.06 bits per heavy atom. The number of rotatable bonds is 4. The van der Waals surface area contributed by atoms with Crippen molar-refractivity contribution < 1.29 is 4.79 Å². The normalized spacial score (nSPS) is 11.1. The smallest absolute Gasteiger partial charge is 0.250 e. The van der Waals surface area contributed by atoms with Gasteiger partial charge in [0.25, 0.3) is 0 Å². The minimum absolute atomic E-state index is 0.379. The van der Waals surface area contributed by atoms with Gasteiger partial charge in [-0.15, -0.1) is 0 Å². The van der Waals surface area contributed by atoms with E-state index in [0.29, 0.717) is 23.4 Å². The van der Waals surface area contributed by atoms with Gasteiger partial charge in [0.05, 0.1) is 24.7 Å². The number of benzene rings is 1. The Morgan fingerprint density at radius 1 is 1.44 bits per heavy atom. The molecule has 3 nitrogen and oxygen atoms in total. The van der Waals surface area contributed by atoms with Crippen molar-refractivity contribution in [2.45, 2.75) is 32.5 Å². The van der Waals surface area contributed by atoms with E-state index in [2.05, 4.69) is 25.7 Å². The molecule has 2 N–H and O–H groups in total. The van der Waals surface area contributed by atoms with Gasteiger partial charge in [0.15, 0.2) is 0 Å². The molecular weight excluding hydrogens is 264 g/mol. The second-order valence-electron chi connectivity index (χ2n) is 5.23. The lowest BCUT2D eigenvalue weighted by Crippen LogP contribution is -2.42. The Morgan fingerprint density at radius 3 is 2.50 bits per heavy atom. The van der Waals surface area contributed by atoms with Gasteiger partial charge in [-0.2, -0.15) is 5.26 Å². The summed E-state index contributed by atoms with van der Waals surface area (Å²) in [4.78, 5) is 11.6. The molecule has 0 saturated carbocycles. The van der Waals surface area contributed by atoms with Crippen LogP contribution < -0.4 is 10.9 Å². The summed E-state index contributed by atoms with van der Waals surface area (Å²) in [6, 6.07) is 5.91. The van der Waals surface area contributed by atoms with Crippen LogP contribution in [-0.4, -0.2) is 14.0 Å². The number of aryl methyl sites for hydroxylation is 1. The molecule has 18 heavy (non-hydrogen) atoms. The van der Waals surface area contributed by atoms with E-state index in [4.69, 9.17) is 22.6 Å². The number of primary amides is 1. The van der Waals surface area contributed by atoms with Crippen molar-refractivity contribution in [2.24, 2.45) is 5.73 Å². The summed E-state index contributed by atoms with van der Waals surface area (Å²) in [5.41, 5.74) is 6.69. The fraction of sp³-hybridized carbons (Fsp3) is 0.385. The molecule has 0 aliphatic carbocycles. The summed E-state index contributed by atoms with van der Waals surface area (Å²) in [5.74, 6) is -0.490. The summed E-state index contributed by atoms with van der Waals surface area (Å²) >= 11 is 6.26. The lowest BCUT2D eigenvalue weighted by molar-refractivity contribution is 0.100. The highest BCUT2D eigenvalue weighted by Gasteiger charge is 2.25. The van der Waals surface area contributed by atoms with Crippen molar-refractivity contribution in [1.29, 1.82) is 5.26 Å². The predicted molar refractivity (Wildman–Crippen MR) is 76.9 cm³/mol. The molecule has 0 unspecified atom stereocenters. The molecular formula is C13H17ClN2OSi. The SMILES string of the molecule is C[Si](C)(C)c1ccc(CCC#N)c(Cl)c1C(N)=O. The van der Waals surface area contributed by atoms with Crippen molar-refractivity contribution in [2.75, 3.05) is 0 Å². The number of carbonyl (C=O) groups is 1. The van der Waals surface area contributed by atoms with Crippen LogP contribution in [0.25, 0.3) is 0 Å². The molecule has 96 valence electrons. The molecule has 5 heteroatoms. The highest BCUT2D eigenvalue weighted by Crippen LogP contribution is 2.23. The van der Waals surface area contributed by atoms with Crippen LogP contribution in [0.4, 0.5) is 0 Å². The highest BCUT2D eigenvalue weighted by atomic mass is 35.5. The quantitative estimate of drug-likeness (QED) is 0.861. The molecule has 1 amide bonds. The molecule has 0 aliphatic heterocycles.